The minimum Gasteiger partial charge on any atom is -0.480 e. The molecule has 4 N–H and O–H groups in total. The topological polar surface area (TPSA) is 91.5 Å². The van der Waals surface area contributed by atoms with E-state index in [-0.39, 0.29) is 37.2 Å². The third-order valence-corrected chi connectivity index (χ3v) is 5.20. The van der Waals surface area contributed by atoms with E-state index in [1.807, 2.05) is 0 Å². The number of likely N-dealkylation sites (tertiary alicyclic amines) is 1. The Morgan fingerprint density at radius 2 is 2.15 bits per heavy atom. The highest BCUT2D eigenvalue weighted by Gasteiger charge is 2.23. The molecule has 3 heterocycles. The van der Waals surface area contributed by atoms with Gasteiger partial charge in [-0.15, -0.1) is 37.2 Å². The summed E-state index contributed by atoms with van der Waals surface area (Å²) in [6, 6.07) is 3.65. The zero-order valence-electron chi connectivity index (χ0n) is 15.4. The lowest BCUT2D eigenvalue weighted by atomic mass is 10.00. The number of carboxylic acids is 1. The fourth-order valence-corrected chi connectivity index (χ4v) is 3.66. The zero-order valence-corrected chi connectivity index (χ0v) is 17.9. The van der Waals surface area contributed by atoms with E-state index in [1.165, 1.54) is 24.1 Å². The number of hydrogen-bond donors (Lipinski definition) is 3. The lowest BCUT2D eigenvalue weighted by Gasteiger charge is -2.18. The van der Waals surface area contributed by atoms with Gasteiger partial charge in [0, 0.05) is 25.3 Å². The van der Waals surface area contributed by atoms with E-state index in [1.54, 1.807) is 0 Å². The maximum Gasteiger partial charge on any atom is 0.320 e. The van der Waals surface area contributed by atoms with Crippen LogP contribution in [0, 0.1) is 5.92 Å². The molecule has 0 radical (unpaired) electrons. The molecule has 0 amide bonds. The Morgan fingerprint density at radius 3 is 2.89 bits per heavy atom. The van der Waals surface area contributed by atoms with Crippen molar-refractivity contribution in [2.45, 2.75) is 44.6 Å². The van der Waals surface area contributed by atoms with Crippen LogP contribution in [0.15, 0.2) is 12.1 Å². The molecule has 0 bridgehead atoms. The normalized spacial score (nSPS) is 19.5. The lowest BCUT2D eigenvalue weighted by molar-refractivity contribution is -0.138. The molecule has 6 nitrogen and oxygen atoms in total. The van der Waals surface area contributed by atoms with Crippen molar-refractivity contribution in [3.8, 4) is 0 Å². The average molecular weight is 442 g/mol. The van der Waals surface area contributed by atoms with Gasteiger partial charge in [0.1, 0.15) is 11.9 Å². The first kappa shape index (κ1) is 26.2. The standard InChI is InChI=1S/C18H28N4O2.3ClH/c19-16(18(23)24)8-11-22-10-7-13(12-22)3-5-15-6-4-14-2-1-9-20-17(14)21-15;;;/h4,6,13,16H,1-3,5,7-12,19H2,(H,20,21)(H,23,24);3*1H. The summed E-state index contributed by atoms with van der Waals surface area (Å²) < 4.78 is 0. The molecule has 156 valence electrons. The van der Waals surface area contributed by atoms with E-state index in [9.17, 15) is 4.79 Å². The molecule has 0 spiro atoms. The van der Waals surface area contributed by atoms with Gasteiger partial charge in [0.05, 0.1) is 0 Å². The van der Waals surface area contributed by atoms with Crippen molar-refractivity contribution in [3.05, 3.63) is 23.4 Å². The van der Waals surface area contributed by atoms with Gasteiger partial charge in [-0.3, -0.25) is 4.79 Å². The highest BCUT2D eigenvalue weighted by atomic mass is 35.5. The maximum absolute atomic E-state index is 10.8. The van der Waals surface area contributed by atoms with Crippen LogP contribution in [0.2, 0.25) is 0 Å². The Bertz CT molecular complexity index is 592. The smallest absolute Gasteiger partial charge is 0.320 e. The molecule has 0 aromatic carbocycles. The molecule has 0 saturated carbocycles. The SMILES string of the molecule is Cl.Cl.Cl.NC(CCN1CCC(CCc2ccc3c(n2)NCCC3)C1)C(=O)O. The summed E-state index contributed by atoms with van der Waals surface area (Å²) in [5, 5.41) is 12.2. The number of carbonyl (C=O) groups is 1. The summed E-state index contributed by atoms with van der Waals surface area (Å²) in [5.41, 5.74) is 8.09. The van der Waals surface area contributed by atoms with Crippen molar-refractivity contribution in [1.29, 1.82) is 0 Å². The third kappa shape index (κ3) is 7.62. The molecule has 1 aromatic rings. The third-order valence-electron chi connectivity index (χ3n) is 5.20. The number of nitrogens with two attached hydrogens (primary N) is 1. The summed E-state index contributed by atoms with van der Waals surface area (Å²) in [4.78, 5) is 17.9. The Labute approximate surface area is 179 Å². The molecule has 2 unspecified atom stereocenters. The summed E-state index contributed by atoms with van der Waals surface area (Å²) in [5.74, 6) is 0.851. The maximum atomic E-state index is 10.8. The summed E-state index contributed by atoms with van der Waals surface area (Å²) in [6.07, 6.45) is 6.20. The molecule has 1 aromatic heterocycles. The average Bonchev–Trinajstić information content (AvgIpc) is 3.05. The number of anilines is 1. The summed E-state index contributed by atoms with van der Waals surface area (Å²) >= 11 is 0. The first-order chi connectivity index (χ1) is 11.6. The van der Waals surface area contributed by atoms with Crippen molar-refractivity contribution in [2.24, 2.45) is 11.7 Å². The first-order valence-corrected chi connectivity index (χ1v) is 9.05. The summed E-state index contributed by atoms with van der Waals surface area (Å²) in [6.45, 7) is 3.91. The van der Waals surface area contributed by atoms with Gasteiger partial charge in [0.15, 0.2) is 0 Å². The number of aromatic nitrogens is 1. The van der Waals surface area contributed by atoms with E-state index < -0.39 is 12.0 Å². The van der Waals surface area contributed by atoms with E-state index >= 15 is 0 Å². The van der Waals surface area contributed by atoms with Crippen LogP contribution in [0.4, 0.5) is 5.82 Å². The number of carboxylic acid groups (broad SMARTS) is 1. The predicted molar refractivity (Wildman–Crippen MR) is 116 cm³/mol. The number of nitrogens with zero attached hydrogens (tertiary/aromatic N) is 2. The van der Waals surface area contributed by atoms with Crippen molar-refractivity contribution < 1.29 is 9.90 Å². The minimum absolute atomic E-state index is 0. The van der Waals surface area contributed by atoms with E-state index in [0.29, 0.717) is 12.3 Å². The van der Waals surface area contributed by atoms with Crippen LogP contribution in [0.25, 0.3) is 0 Å². The van der Waals surface area contributed by atoms with Crippen LogP contribution in [-0.4, -0.2) is 53.2 Å². The predicted octanol–water partition coefficient (Wildman–Crippen LogP) is 2.76. The van der Waals surface area contributed by atoms with Crippen LogP contribution in [0.3, 0.4) is 0 Å². The quantitative estimate of drug-likeness (QED) is 0.602. The lowest BCUT2D eigenvalue weighted by Crippen LogP contribution is -2.34. The van der Waals surface area contributed by atoms with Crippen molar-refractivity contribution >= 4 is 49.0 Å². The summed E-state index contributed by atoms with van der Waals surface area (Å²) in [7, 11) is 0. The molecular weight excluding hydrogens is 411 g/mol. The Balaban J connectivity index is 0.00000225. The highest BCUT2D eigenvalue weighted by molar-refractivity contribution is 5.86. The molecule has 27 heavy (non-hydrogen) atoms. The molecule has 2 aliphatic heterocycles. The largest absolute Gasteiger partial charge is 0.480 e. The zero-order chi connectivity index (χ0) is 16.9. The van der Waals surface area contributed by atoms with Crippen molar-refractivity contribution in [1.82, 2.24) is 9.88 Å². The number of pyridine rings is 1. The molecule has 1 fully saturated rings. The van der Waals surface area contributed by atoms with Crippen LogP contribution < -0.4 is 11.1 Å². The number of hydrogen-bond acceptors (Lipinski definition) is 5. The monoisotopic (exact) mass is 440 g/mol. The van der Waals surface area contributed by atoms with Gasteiger partial charge in [-0.2, -0.15) is 0 Å². The van der Waals surface area contributed by atoms with E-state index in [4.69, 9.17) is 15.8 Å². The van der Waals surface area contributed by atoms with Crippen LogP contribution in [-0.2, 0) is 17.6 Å². The van der Waals surface area contributed by atoms with Crippen molar-refractivity contribution in [3.63, 3.8) is 0 Å². The molecule has 2 atom stereocenters. The van der Waals surface area contributed by atoms with Gasteiger partial charge in [-0.05, 0) is 62.6 Å². The van der Waals surface area contributed by atoms with Gasteiger partial charge in [0.25, 0.3) is 0 Å². The van der Waals surface area contributed by atoms with E-state index in [0.717, 1.165) is 51.3 Å². The minimum atomic E-state index is -0.905. The second-order valence-corrected chi connectivity index (χ2v) is 7.07. The van der Waals surface area contributed by atoms with Crippen LogP contribution in [0.5, 0.6) is 0 Å². The molecule has 2 aliphatic rings. The van der Waals surface area contributed by atoms with Gasteiger partial charge in [-0.1, -0.05) is 6.07 Å². The first-order valence-electron chi connectivity index (χ1n) is 9.05. The molecule has 3 rings (SSSR count). The Hall–Kier alpha value is -0.790. The number of aryl methyl sites for hydroxylation is 2. The number of aliphatic carboxylic acids is 1. The number of rotatable bonds is 7. The molecule has 1 saturated heterocycles. The Kier molecular flexibility index (Phi) is 12.3. The van der Waals surface area contributed by atoms with Crippen molar-refractivity contribution in [2.75, 3.05) is 31.5 Å². The molecule has 9 heteroatoms. The number of nitrogens with one attached hydrogen (secondary N) is 1. The fourth-order valence-electron chi connectivity index (χ4n) is 3.66. The number of halogens is 3. The van der Waals surface area contributed by atoms with Gasteiger partial charge >= 0.3 is 5.97 Å². The van der Waals surface area contributed by atoms with Gasteiger partial charge in [-0.25, -0.2) is 4.98 Å². The van der Waals surface area contributed by atoms with Crippen LogP contribution in [0.1, 0.15) is 36.9 Å². The van der Waals surface area contributed by atoms with Gasteiger partial charge in [0.2, 0.25) is 0 Å². The Morgan fingerprint density at radius 1 is 1.37 bits per heavy atom. The fraction of sp³-hybridized carbons (Fsp3) is 0.667. The second kappa shape index (κ2) is 12.6. The molecule has 0 aliphatic carbocycles. The van der Waals surface area contributed by atoms with Gasteiger partial charge < -0.3 is 21.1 Å². The number of fused-ring (bicyclic) bond motifs is 1. The van der Waals surface area contributed by atoms with Crippen LogP contribution >= 0.6 is 37.2 Å². The highest BCUT2D eigenvalue weighted by Crippen LogP contribution is 2.24. The second-order valence-electron chi connectivity index (χ2n) is 7.07. The van der Waals surface area contributed by atoms with E-state index in [2.05, 4.69) is 22.3 Å². The molecular formula is C18H31Cl3N4O2.